The number of nitriles is 1. The van der Waals surface area contributed by atoms with Gasteiger partial charge in [-0.05, 0) is 57.9 Å². The van der Waals surface area contributed by atoms with Crippen molar-refractivity contribution in [3.05, 3.63) is 46.2 Å². The molecule has 0 bridgehead atoms. The minimum atomic E-state index is -4.64. The van der Waals surface area contributed by atoms with E-state index < -0.39 is 29.2 Å². The lowest BCUT2D eigenvalue weighted by atomic mass is 9.95. The lowest BCUT2D eigenvalue weighted by molar-refractivity contribution is -0.144. The lowest BCUT2D eigenvalue weighted by Gasteiger charge is -2.27. The quantitative estimate of drug-likeness (QED) is 0.545. The van der Waals surface area contributed by atoms with Crippen molar-refractivity contribution in [2.75, 3.05) is 13.6 Å². The molecule has 0 fully saturated rings. The molecule has 1 heterocycles. The standard InChI is InChI=1S/C22H25ClF3N3O/c1-13(2)29-18(20(30)28(6)12-21(4,5)11-27)17(14(3)19(29)22(24,25)26)15-7-9-16(23)10-8-15/h7-10,13H,12H2,1-6H3. The number of amides is 1. The third-order valence-corrected chi connectivity index (χ3v) is 5.10. The first-order chi connectivity index (χ1) is 13.7. The molecule has 0 aliphatic carbocycles. The van der Waals surface area contributed by atoms with Crippen LogP contribution in [0, 0.1) is 23.7 Å². The Balaban J connectivity index is 2.83. The van der Waals surface area contributed by atoms with Crippen molar-refractivity contribution in [1.29, 1.82) is 5.26 Å². The maximum Gasteiger partial charge on any atom is 0.431 e. The summed E-state index contributed by atoms with van der Waals surface area (Å²) in [5.41, 5.74) is -1.07. The maximum atomic E-state index is 14.0. The molecule has 1 amide bonds. The summed E-state index contributed by atoms with van der Waals surface area (Å²) >= 11 is 5.95. The van der Waals surface area contributed by atoms with Crippen molar-refractivity contribution in [1.82, 2.24) is 9.47 Å². The van der Waals surface area contributed by atoms with Crippen LogP contribution in [0.15, 0.2) is 24.3 Å². The monoisotopic (exact) mass is 439 g/mol. The highest BCUT2D eigenvalue weighted by Gasteiger charge is 2.42. The first-order valence-corrected chi connectivity index (χ1v) is 9.83. The number of nitrogens with zero attached hydrogens (tertiary/aromatic N) is 3. The molecule has 0 atom stereocenters. The van der Waals surface area contributed by atoms with E-state index in [0.717, 1.165) is 4.57 Å². The summed E-state index contributed by atoms with van der Waals surface area (Å²) in [6.45, 7) is 8.01. The van der Waals surface area contributed by atoms with Crippen LogP contribution < -0.4 is 0 Å². The van der Waals surface area contributed by atoms with Crippen LogP contribution in [0.1, 0.15) is 55.5 Å². The van der Waals surface area contributed by atoms with Gasteiger partial charge in [0.25, 0.3) is 5.91 Å². The van der Waals surface area contributed by atoms with E-state index in [1.54, 1.807) is 52.0 Å². The van der Waals surface area contributed by atoms with Gasteiger partial charge < -0.3 is 9.47 Å². The number of halogens is 4. The smallest absolute Gasteiger partial charge is 0.339 e. The number of carbonyl (C=O) groups is 1. The molecule has 1 aromatic heterocycles. The summed E-state index contributed by atoms with van der Waals surface area (Å²) in [5.74, 6) is -0.574. The van der Waals surface area contributed by atoms with Crippen LogP contribution in [0.2, 0.25) is 5.02 Å². The molecule has 1 aromatic carbocycles. The summed E-state index contributed by atoms with van der Waals surface area (Å²) in [7, 11) is 1.49. The van der Waals surface area contributed by atoms with Crippen molar-refractivity contribution < 1.29 is 18.0 Å². The van der Waals surface area contributed by atoms with Gasteiger partial charge in [-0.2, -0.15) is 18.4 Å². The Hall–Kier alpha value is -2.46. The maximum absolute atomic E-state index is 14.0. The molecule has 0 aliphatic rings. The van der Waals surface area contributed by atoms with Gasteiger partial charge in [0.2, 0.25) is 0 Å². The fourth-order valence-corrected chi connectivity index (χ4v) is 3.76. The molecule has 0 aliphatic heterocycles. The molecule has 0 N–H and O–H groups in total. The van der Waals surface area contributed by atoms with Crippen molar-refractivity contribution in [3.63, 3.8) is 0 Å². The molecule has 0 spiro atoms. The molecule has 162 valence electrons. The average molecular weight is 440 g/mol. The van der Waals surface area contributed by atoms with Gasteiger partial charge in [-0.25, -0.2) is 0 Å². The van der Waals surface area contributed by atoms with Gasteiger partial charge in [-0.15, -0.1) is 0 Å². The molecule has 0 radical (unpaired) electrons. The molecule has 2 rings (SSSR count). The number of rotatable bonds is 5. The number of benzene rings is 1. The zero-order valence-electron chi connectivity index (χ0n) is 17.9. The van der Waals surface area contributed by atoms with Gasteiger partial charge in [0.15, 0.2) is 0 Å². The van der Waals surface area contributed by atoms with E-state index in [2.05, 4.69) is 6.07 Å². The predicted octanol–water partition coefficient (Wildman–Crippen LogP) is 6.34. The zero-order chi connectivity index (χ0) is 23.0. The predicted molar refractivity (Wildman–Crippen MR) is 111 cm³/mol. The first kappa shape index (κ1) is 23.8. The number of carbonyl (C=O) groups excluding carboxylic acids is 1. The summed E-state index contributed by atoms with van der Waals surface area (Å²) in [6, 6.07) is 7.86. The van der Waals surface area contributed by atoms with Crippen LogP contribution in [-0.2, 0) is 6.18 Å². The Labute approximate surface area is 179 Å². The van der Waals surface area contributed by atoms with Crippen LogP contribution in [0.4, 0.5) is 13.2 Å². The Bertz CT molecular complexity index is 983. The number of alkyl halides is 3. The Morgan fingerprint density at radius 3 is 2.20 bits per heavy atom. The van der Waals surface area contributed by atoms with Crippen LogP contribution in [0.5, 0.6) is 0 Å². The molecule has 2 aromatic rings. The number of aromatic nitrogens is 1. The molecule has 8 heteroatoms. The molecule has 30 heavy (non-hydrogen) atoms. The summed E-state index contributed by atoms with van der Waals surface area (Å²) < 4.78 is 43.1. The lowest BCUT2D eigenvalue weighted by Crippen LogP contribution is -2.37. The Morgan fingerprint density at radius 2 is 1.77 bits per heavy atom. The summed E-state index contributed by atoms with van der Waals surface area (Å²) in [4.78, 5) is 14.7. The van der Waals surface area contributed by atoms with Gasteiger partial charge in [0.05, 0.1) is 11.5 Å². The van der Waals surface area contributed by atoms with E-state index in [-0.39, 0.29) is 23.4 Å². The molecule has 0 unspecified atom stereocenters. The van der Waals surface area contributed by atoms with E-state index >= 15 is 0 Å². The van der Waals surface area contributed by atoms with Gasteiger partial charge in [-0.3, -0.25) is 4.79 Å². The molecular formula is C22H25ClF3N3O. The molecule has 0 saturated heterocycles. The van der Waals surface area contributed by atoms with Crippen molar-refractivity contribution in [2.45, 2.75) is 46.8 Å². The van der Waals surface area contributed by atoms with Gasteiger partial charge in [0.1, 0.15) is 11.4 Å². The zero-order valence-corrected chi connectivity index (χ0v) is 18.6. The summed E-state index contributed by atoms with van der Waals surface area (Å²) in [6.07, 6.45) is -4.64. The second-order valence-electron chi connectivity index (χ2n) is 8.32. The molecule has 0 saturated carbocycles. The third kappa shape index (κ3) is 4.65. The van der Waals surface area contributed by atoms with Crippen molar-refractivity contribution in [3.8, 4) is 17.2 Å². The minimum absolute atomic E-state index is 0.0187. The SMILES string of the molecule is Cc1c(-c2ccc(Cl)cc2)c(C(=O)N(C)CC(C)(C)C#N)n(C(C)C)c1C(F)(F)F. The fourth-order valence-electron chi connectivity index (χ4n) is 3.64. The summed E-state index contributed by atoms with van der Waals surface area (Å²) in [5, 5.41) is 9.74. The highest BCUT2D eigenvalue weighted by atomic mass is 35.5. The second-order valence-corrected chi connectivity index (χ2v) is 8.76. The normalized spacial score (nSPS) is 12.2. The van der Waals surface area contributed by atoms with Gasteiger partial charge in [0, 0.05) is 30.2 Å². The van der Waals surface area contributed by atoms with E-state index in [1.165, 1.54) is 18.9 Å². The number of hydrogen-bond donors (Lipinski definition) is 0. The molecular weight excluding hydrogens is 415 g/mol. The van der Waals surface area contributed by atoms with Crippen molar-refractivity contribution in [2.24, 2.45) is 5.41 Å². The largest absolute Gasteiger partial charge is 0.431 e. The van der Waals surface area contributed by atoms with E-state index in [9.17, 15) is 23.2 Å². The van der Waals surface area contributed by atoms with E-state index in [4.69, 9.17) is 11.6 Å². The van der Waals surface area contributed by atoms with Crippen molar-refractivity contribution >= 4 is 17.5 Å². The van der Waals surface area contributed by atoms with Crippen LogP contribution >= 0.6 is 11.6 Å². The van der Waals surface area contributed by atoms with E-state index in [1.807, 2.05) is 0 Å². The second kappa shape index (κ2) is 8.35. The Morgan fingerprint density at radius 1 is 1.23 bits per heavy atom. The Kier molecular flexibility index (Phi) is 6.63. The first-order valence-electron chi connectivity index (χ1n) is 9.46. The van der Waals surface area contributed by atoms with Crippen LogP contribution in [0.25, 0.3) is 11.1 Å². The van der Waals surface area contributed by atoms with Crippen LogP contribution in [-0.4, -0.2) is 29.0 Å². The highest BCUT2D eigenvalue weighted by Crippen LogP contribution is 2.43. The van der Waals surface area contributed by atoms with Gasteiger partial charge >= 0.3 is 6.18 Å². The fraction of sp³-hybridized carbons (Fsp3) is 0.455. The average Bonchev–Trinajstić information content (AvgIpc) is 2.95. The highest BCUT2D eigenvalue weighted by molar-refractivity contribution is 6.30. The number of hydrogen-bond acceptors (Lipinski definition) is 2. The molecule has 4 nitrogen and oxygen atoms in total. The third-order valence-electron chi connectivity index (χ3n) is 4.85. The van der Waals surface area contributed by atoms with E-state index in [0.29, 0.717) is 10.6 Å². The van der Waals surface area contributed by atoms with Crippen LogP contribution in [0.3, 0.4) is 0 Å². The topological polar surface area (TPSA) is 49.0 Å². The van der Waals surface area contributed by atoms with Gasteiger partial charge in [-0.1, -0.05) is 23.7 Å². The minimum Gasteiger partial charge on any atom is -0.339 e.